The second-order valence-corrected chi connectivity index (χ2v) is 5.59. The van der Waals surface area contributed by atoms with Crippen molar-refractivity contribution in [2.45, 2.75) is 83.6 Å². The maximum absolute atomic E-state index is 8.76. The van der Waals surface area contributed by atoms with E-state index < -0.39 is 0 Å². The summed E-state index contributed by atoms with van der Waals surface area (Å²) in [4.78, 5) is 0. The minimum atomic E-state index is -0.183. The number of nitrogens with two attached hydrogens (primary N) is 1. The topological polar surface area (TPSA) is 46.2 Å². The van der Waals surface area contributed by atoms with Crippen LogP contribution in [0.15, 0.2) is 24.3 Å². The van der Waals surface area contributed by atoms with E-state index in [2.05, 4.69) is 25.2 Å². The van der Waals surface area contributed by atoms with Crippen LogP contribution >= 0.6 is 0 Å². The molecule has 0 spiro atoms. The van der Waals surface area contributed by atoms with Gasteiger partial charge in [-0.2, -0.15) is 0 Å². The highest BCUT2D eigenvalue weighted by Crippen LogP contribution is 2.08. The number of allylic oxidation sites excluding steroid dienone is 3. The normalized spacial score (nSPS) is 13.6. The van der Waals surface area contributed by atoms with Crippen LogP contribution in [0.1, 0.15) is 77.6 Å². The van der Waals surface area contributed by atoms with E-state index in [1.54, 1.807) is 0 Å². The van der Waals surface area contributed by atoms with Crippen molar-refractivity contribution in [2.75, 3.05) is 6.61 Å². The lowest BCUT2D eigenvalue weighted by Gasteiger charge is -2.00. The fraction of sp³-hybridized carbons (Fsp3) is 0.778. The fourth-order valence-corrected chi connectivity index (χ4v) is 2.13. The summed E-state index contributed by atoms with van der Waals surface area (Å²) in [7, 11) is 0. The molecule has 1 atom stereocenters. The van der Waals surface area contributed by atoms with Crippen molar-refractivity contribution in [3.8, 4) is 0 Å². The minimum absolute atomic E-state index is 0.0429. The number of unbranched alkanes of at least 4 members (excludes halogenated alkanes) is 9. The van der Waals surface area contributed by atoms with Crippen LogP contribution < -0.4 is 5.73 Å². The van der Waals surface area contributed by atoms with E-state index in [1.807, 2.05) is 6.08 Å². The highest BCUT2D eigenvalue weighted by atomic mass is 16.3. The summed E-state index contributed by atoms with van der Waals surface area (Å²) in [6.07, 6.45) is 22.9. The number of hydrogen-bond acceptors (Lipinski definition) is 2. The van der Waals surface area contributed by atoms with E-state index >= 15 is 0 Å². The molecule has 0 aliphatic rings. The van der Waals surface area contributed by atoms with Crippen molar-refractivity contribution in [3.05, 3.63) is 24.3 Å². The maximum atomic E-state index is 8.76. The van der Waals surface area contributed by atoms with Gasteiger partial charge in [0.05, 0.1) is 6.61 Å². The van der Waals surface area contributed by atoms with Crippen LogP contribution in [0.2, 0.25) is 0 Å². The molecular formula is C18H35NO. The van der Waals surface area contributed by atoms with Crippen LogP contribution in [0.5, 0.6) is 0 Å². The maximum Gasteiger partial charge on any atom is 0.0618 e. The Morgan fingerprint density at radius 3 is 1.80 bits per heavy atom. The third-order valence-corrected chi connectivity index (χ3v) is 3.48. The molecule has 0 radical (unpaired) electrons. The Balaban J connectivity index is 3.16. The molecule has 0 aliphatic carbocycles. The first-order valence-corrected chi connectivity index (χ1v) is 8.49. The van der Waals surface area contributed by atoms with Gasteiger partial charge in [-0.05, 0) is 38.5 Å². The quantitative estimate of drug-likeness (QED) is 0.357. The second kappa shape index (κ2) is 16.5. The van der Waals surface area contributed by atoms with Gasteiger partial charge < -0.3 is 10.8 Å². The van der Waals surface area contributed by atoms with Crippen molar-refractivity contribution in [1.82, 2.24) is 0 Å². The zero-order valence-corrected chi connectivity index (χ0v) is 13.4. The summed E-state index contributed by atoms with van der Waals surface area (Å²) >= 11 is 0. The van der Waals surface area contributed by atoms with Crippen molar-refractivity contribution in [1.29, 1.82) is 0 Å². The Morgan fingerprint density at radius 2 is 1.30 bits per heavy atom. The molecule has 0 fully saturated rings. The summed E-state index contributed by atoms with van der Waals surface area (Å²) in [6, 6.07) is -0.183. The molecule has 0 aromatic rings. The highest BCUT2D eigenvalue weighted by Gasteiger charge is 1.92. The first-order chi connectivity index (χ1) is 9.81. The van der Waals surface area contributed by atoms with E-state index in [0.29, 0.717) is 0 Å². The molecule has 0 aliphatic heterocycles. The third-order valence-electron chi connectivity index (χ3n) is 3.48. The molecule has 0 bridgehead atoms. The van der Waals surface area contributed by atoms with Crippen LogP contribution in [-0.4, -0.2) is 17.8 Å². The van der Waals surface area contributed by atoms with Gasteiger partial charge in [-0.1, -0.05) is 63.3 Å². The minimum Gasteiger partial charge on any atom is -0.394 e. The SMILES string of the molecule is CCCCCC/C=C\CCCCCC/C=C\[C@@H](N)CO. The number of aliphatic hydroxyl groups is 1. The predicted octanol–water partition coefficient (Wildman–Crippen LogP) is 4.73. The van der Waals surface area contributed by atoms with Crippen molar-refractivity contribution in [2.24, 2.45) is 5.73 Å². The molecule has 3 N–H and O–H groups in total. The lowest BCUT2D eigenvalue weighted by atomic mass is 10.1. The molecule has 0 aromatic carbocycles. The van der Waals surface area contributed by atoms with Gasteiger partial charge in [0.1, 0.15) is 0 Å². The fourth-order valence-electron chi connectivity index (χ4n) is 2.13. The first kappa shape index (κ1) is 19.4. The van der Waals surface area contributed by atoms with E-state index in [-0.39, 0.29) is 12.6 Å². The van der Waals surface area contributed by atoms with Crippen LogP contribution in [0, 0.1) is 0 Å². The van der Waals surface area contributed by atoms with E-state index in [4.69, 9.17) is 10.8 Å². The average Bonchev–Trinajstić information content (AvgIpc) is 2.47. The van der Waals surface area contributed by atoms with Gasteiger partial charge in [-0.25, -0.2) is 0 Å². The summed E-state index contributed by atoms with van der Waals surface area (Å²) in [5.74, 6) is 0. The van der Waals surface area contributed by atoms with Crippen molar-refractivity contribution in [3.63, 3.8) is 0 Å². The van der Waals surface area contributed by atoms with Gasteiger partial charge >= 0.3 is 0 Å². The Kier molecular flexibility index (Phi) is 16.0. The molecule has 0 unspecified atom stereocenters. The second-order valence-electron chi connectivity index (χ2n) is 5.59. The molecule has 2 nitrogen and oxygen atoms in total. The first-order valence-electron chi connectivity index (χ1n) is 8.49. The highest BCUT2D eigenvalue weighted by molar-refractivity contribution is 4.90. The van der Waals surface area contributed by atoms with Gasteiger partial charge in [0.2, 0.25) is 0 Å². The van der Waals surface area contributed by atoms with Gasteiger partial charge in [0, 0.05) is 6.04 Å². The molecule has 0 rings (SSSR count). The number of rotatable bonds is 14. The third kappa shape index (κ3) is 15.5. The Labute approximate surface area is 126 Å². The standard InChI is InChI=1S/C18H35NO/c1-2-3-4-5-6-7-8-9-10-11-12-13-14-15-16-18(19)17-20/h7-8,15-16,18,20H,2-6,9-14,17,19H2,1H3/b8-7-,16-15-/t18-/m1/s1. The summed E-state index contributed by atoms with van der Waals surface area (Å²) in [5, 5.41) is 8.76. The zero-order chi connectivity index (χ0) is 14.9. The number of aliphatic hydroxyl groups excluding tert-OH is 1. The van der Waals surface area contributed by atoms with Crippen LogP contribution in [0.25, 0.3) is 0 Å². The molecule has 118 valence electrons. The molecule has 2 heteroatoms. The molecular weight excluding hydrogens is 246 g/mol. The summed E-state index contributed by atoms with van der Waals surface area (Å²) < 4.78 is 0. The average molecular weight is 281 g/mol. The van der Waals surface area contributed by atoms with Gasteiger partial charge in [0.15, 0.2) is 0 Å². The van der Waals surface area contributed by atoms with E-state index in [0.717, 1.165) is 6.42 Å². The smallest absolute Gasteiger partial charge is 0.0618 e. The molecule has 0 heterocycles. The monoisotopic (exact) mass is 281 g/mol. The molecule has 20 heavy (non-hydrogen) atoms. The van der Waals surface area contributed by atoms with Gasteiger partial charge in [0.25, 0.3) is 0 Å². The summed E-state index contributed by atoms with van der Waals surface area (Å²) in [6.45, 7) is 2.30. The van der Waals surface area contributed by atoms with Crippen LogP contribution in [0.4, 0.5) is 0 Å². The molecule has 0 aromatic heterocycles. The van der Waals surface area contributed by atoms with Crippen molar-refractivity contribution < 1.29 is 5.11 Å². The van der Waals surface area contributed by atoms with Gasteiger partial charge in [-0.15, -0.1) is 0 Å². The molecule has 0 saturated heterocycles. The number of hydrogen-bond donors (Lipinski definition) is 2. The Morgan fingerprint density at radius 1 is 0.800 bits per heavy atom. The van der Waals surface area contributed by atoms with Crippen LogP contribution in [-0.2, 0) is 0 Å². The van der Waals surface area contributed by atoms with Crippen molar-refractivity contribution >= 4 is 0 Å². The Bertz CT molecular complexity index is 236. The van der Waals surface area contributed by atoms with Crippen LogP contribution in [0.3, 0.4) is 0 Å². The van der Waals surface area contributed by atoms with E-state index in [9.17, 15) is 0 Å². The zero-order valence-electron chi connectivity index (χ0n) is 13.4. The summed E-state index contributed by atoms with van der Waals surface area (Å²) in [5.41, 5.74) is 5.58. The van der Waals surface area contributed by atoms with Gasteiger partial charge in [-0.3, -0.25) is 0 Å². The molecule has 0 amide bonds. The Hall–Kier alpha value is -0.600. The largest absolute Gasteiger partial charge is 0.394 e. The lowest BCUT2D eigenvalue weighted by Crippen LogP contribution is -2.20. The molecule has 0 saturated carbocycles. The predicted molar refractivity (Wildman–Crippen MR) is 89.8 cm³/mol. The van der Waals surface area contributed by atoms with E-state index in [1.165, 1.54) is 64.2 Å². The lowest BCUT2D eigenvalue weighted by molar-refractivity contribution is 0.284.